The topological polar surface area (TPSA) is 50.2 Å². The first kappa shape index (κ1) is 14.1. The van der Waals surface area contributed by atoms with Gasteiger partial charge in [-0.15, -0.1) is 0 Å². The van der Waals surface area contributed by atoms with Crippen molar-refractivity contribution in [1.82, 2.24) is 15.1 Å². The number of rotatable bonds is 2. The molecular formula is C14H21BrN4O. The molecule has 0 aliphatic carbocycles. The van der Waals surface area contributed by atoms with Crippen LogP contribution < -0.4 is 15.8 Å². The van der Waals surface area contributed by atoms with Gasteiger partial charge in [0.05, 0.1) is 17.9 Å². The van der Waals surface area contributed by atoms with E-state index < -0.39 is 0 Å². The zero-order valence-electron chi connectivity index (χ0n) is 12.0. The molecule has 1 N–H and O–H groups in total. The van der Waals surface area contributed by atoms with Gasteiger partial charge in [0.25, 0.3) is 5.56 Å². The van der Waals surface area contributed by atoms with E-state index in [1.165, 1.54) is 17.5 Å². The minimum absolute atomic E-state index is 0.0414. The Labute approximate surface area is 127 Å². The lowest BCUT2D eigenvalue weighted by Crippen LogP contribution is -2.40. The van der Waals surface area contributed by atoms with Crippen molar-refractivity contribution in [3.05, 3.63) is 21.0 Å². The van der Waals surface area contributed by atoms with Crippen LogP contribution in [0.5, 0.6) is 0 Å². The summed E-state index contributed by atoms with van der Waals surface area (Å²) in [4.78, 5) is 14.6. The maximum absolute atomic E-state index is 12.3. The molecule has 6 heteroatoms. The first-order valence-electron chi connectivity index (χ1n) is 7.33. The molecule has 2 saturated heterocycles. The molecule has 1 aromatic heterocycles. The average molecular weight is 341 g/mol. The highest BCUT2D eigenvalue weighted by Gasteiger charge is 2.35. The van der Waals surface area contributed by atoms with Gasteiger partial charge in [0, 0.05) is 19.1 Å². The number of halogens is 1. The number of hydrogen-bond acceptors (Lipinski definition) is 4. The van der Waals surface area contributed by atoms with E-state index in [9.17, 15) is 4.79 Å². The predicted octanol–water partition coefficient (Wildman–Crippen LogP) is 1.77. The van der Waals surface area contributed by atoms with E-state index in [0.717, 1.165) is 25.3 Å². The normalized spacial score (nSPS) is 26.1. The Balaban J connectivity index is 1.88. The van der Waals surface area contributed by atoms with Crippen molar-refractivity contribution < 1.29 is 0 Å². The third-order valence-corrected chi connectivity index (χ3v) is 5.10. The Bertz CT molecular complexity index is 543. The second-order valence-electron chi connectivity index (χ2n) is 6.06. The van der Waals surface area contributed by atoms with Crippen LogP contribution in [0.15, 0.2) is 15.5 Å². The van der Waals surface area contributed by atoms with E-state index in [1.807, 2.05) is 20.0 Å². The molecule has 0 amide bonds. The van der Waals surface area contributed by atoms with Crippen LogP contribution in [0.3, 0.4) is 0 Å². The molecule has 2 fully saturated rings. The quantitative estimate of drug-likeness (QED) is 0.891. The van der Waals surface area contributed by atoms with Crippen LogP contribution in [0.25, 0.3) is 0 Å². The fourth-order valence-corrected chi connectivity index (χ4v) is 3.80. The third kappa shape index (κ3) is 2.39. The Morgan fingerprint density at radius 3 is 2.95 bits per heavy atom. The van der Waals surface area contributed by atoms with Crippen molar-refractivity contribution in [2.45, 2.75) is 38.8 Å². The van der Waals surface area contributed by atoms with Gasteiger partial charge in [-0.3, -0.25) is 4.79 Å². The Hall–Kier alpha value is -0.880. The van der Waals surface area contributed by atoms with Crippen molar-refractivity contribution in [2.24, 2.45) is 5.92 Å². The Morgan fingerprint density at radius 1 is 1.45 bits per heavy atom. The summed E-state index contributed by atoms with van der Waals surface area (Å²) in [5.41, 5.74) is 0.892. The van der Waals surface area contributed by atoms with Crippen molar-refractivity contribution in [1.29, 1.82) is 0 Å². The number of hydrogen-bond donors (Lipinski definition) is 1. The van der Waals surface area contributed by atoms with E-state index >= 15 is 0 Å². The van der Waals surface area contributed by atoms with Crippen LogP contribution in [-0.4, -0.2) is 35.5 Å². The molecule has 3 rings (SSSR count). The Kier molecular flexibility index (Phi) is 3.86. The van der Waals surface area contributed by atoms with Gasteiger partial charge < -0.3 is 10.2 Å². The van der Waals surface area contributed by atoms with Crippen LogP contribution in [0.1, 0.15) is 32.7 Å². The van der Waals surface area contributed by atoms with Gasteiger partial charge in [-0.2, -0.15) is 5.10 Å². The summed E-state index contributed by atoms with van der Waals surface area (Å²) in [6.45, 7) is 7.03. The summed E-state index contributed by atoms with van der Waals surface area (Å²) in [5, 5.41) is 7.90. The molecule has 0 bridgehead atoms. The lowest BCUT2D eigenvalue weighted by atomic mass is 9.94. The minimum Gasteiger partial charge on any atom is -0.367 e. The number of nitrogens with zero attached hydrogens (tertiary/aromatic N) is 3. The van der Waals surface area contributed by atoms with Crippen molar-refractivity contribution in [3.63, 3.8) is 0 Å². The first-order chi connectivity index (χ1) is 9.58. The summed E-state index contributed by atoms with van der Waals surface area (Å²) in [7, 11) is 0. The van der Waals surface area contributed by atoms with Crippen LogP contribution in [0, 0.1) is 5.92 Å². The van der Waals surface area contributed by atoms with E-state index in [1.54, 1.807) is 0 Å². The van der Waals surface area contributed by atoms with Gasteiger partial charge >= 0.3 is 0 Å². The summed E-state index contributed by atoms with van der Waals surface area (Å²) in [6.07, 6.45) is 4.36. The molecule has 0 unspecified atom stereocenters. The predicted molar refractivity (Wildman–Crippen MR) is 83.3 cm³/mol. The lowest BCUT2D eigenvalue weighted by Gasteiger charge is -2.24. The maximum atomic E-state index is 12.3. The van der Waals surface area contributed by atoms with E-state index in [-0.39, 0.29) is 11.6 Å². The molecule has 2 aliphatic rings. The highest BCUT2D eigenvalue weighted by atomic mass is 79.9. The fraction of sp³-hybridized carbons (Fsp3) is 0.714. The highest BCUT2D eigenvalue weighted by molar-refractivity contribution is 9.10. The molecule has 0 radical (unpaired) electrons. The van der Waals surface area contributed by atoms with E-state index in [2.05, 4.69) is 31.2 Å². The Morgan fingerprint density at radius 2 is 2.25 bits per heavy atom. The SMILES string of the molecule is CC(C)n1ncc(N2C[C@@H]3CCCN[C@@H]3C2)c(Br)c1=O. The third-order valence-electron chi connectivity index (χ3n) is 4.35. The number of anilines is 1. The second kappa shape index (κ2) is 5.48. The lowest BCUT2D eigenvalue weighted by molar-refractivity contribution is 0.340. The zero-order chi connectivity index (χ0) is 14.3. The molecule has 0 spiro atoms. The molecule has 1 aromatic rings. The van der Waals surface area contributed by atoms with Crippen LogP contribution in [-0.2, 0) is 0 Å². The van der Waals surface area contributed by atoms with Gasteiger partial charge in [-0.1, -0.05) is 0 Å². The molecule has 3 heterocycles. The molecule has 110 valence electrons. The number of aromatic nitrogens is 2. The first-order valence-corrected chi connectivity index (χ1v) is 8.13. The van der Waals surface area contributed by atoms with Gasteiger partial charge in [-0.25, -0.2) is 4.68 Å². The standard InChI is InChI=1S/C14H21BrN4O/c1-9(2)19-14(20)13(15)12(6-17-19)18-7-10-4-3-5-16-11(10)8-18/h6,9-11,16H,3-5,7-8H2,1-2H3/t10-,11+/m0/s1. The van der Waals surface area contributed by atoms with E-state index in [4.69, 9.17) is 0 Å². The summed E-state index contributed by atoms with van der Waals surface area (Å²) >= 11 is 3.47. The van der Waals surface area contributed by atoms with Crippen LogP contribution in [0.4, 0.5) is 5.69 Å². The summed E-state index contributed by atoms with van der Waals surface area (Å²) in [5.74, 6) is 0.697. The molecular weight excluding hydrogens is 320 g/mol. The second-order valence-corrected chi connectivity index (χ2v) is 6.85. The molecule has 5 nitrogen and oxygen atoms in total. The maximum Gasteiger partial charge on any atom is 0.283 e. The number of piperidine rings is 1. The van der Waals surface area contributed by atoms with Crippen molar-refractivity contribution in [3.8, 4) is 0 Å². The summed E-state index contributed by atoms with van der Waals surface area (Å²) in [6, 6.07) is 0.638. The minimum atomic E-state index is -0.0414. The molecule has 0 aromatic carbocycles. The number of fused-ring (bicyclic) bond motifs is 1. The molecule has 2 aliphatic heterocycles. The van der Waals surface area contributed by atoms with Gasteiger partial charge in [-0.05, 0) is 55.1 Å². The van der Waals surface area contributed by atoms with Crippen LogP contribution in [0.2, 0.25) is 0 Å². The number of nitrogens with one attached hydrogen (secondary N) is 1. The monoisotopic (exact) mass is 340 g/mol. The molecule has 20 heavy (non-hydrogen) atoms. The van der Waals surface area contributed by atoms with Gasteiger partial charge in [0.1, 0.15) is 4.47 Å². The van der Waals surface area contributed by atoms with Gasteiger partial charge in [0.2, 0.25) is 0 Å². The van der Waals surface area contributed by atoms with E-state index in [0.29, 0.717) is 16.4 Å². The van der Waals surface area contributed by atoms with Gasteiger partial charge in [0.15, 0.2) is 0 Å². The largest absolute Gasteiger partial charge is 0.367 e. The zero-order valence-corrected chi connectivity index (χ0v) is 13.6. The molecule has 2 atom stereocenters. The molecule has 0 saturated carbocycles. The average Bonchev–Trinajstić information content (AvgIpc) is 2.84. The van der Waals surface area contributed by atoms with Crippen molar-refractivity contribution in [2.75, 3.05) is 24.5 Å². The van der Waals surface area contributed by atoms with Crippen LogP contribution >= 0.6 is 15.9 Å². The highest BCUT2D eigenvalue weighted by Crippen LogP contribution is 2.31. The van der Waals surface area contributed by atoms with Crippen molar-refractivity contribution >= 4 is 21.6 Å². The summed E-state index contributed by atoms with van der Waals surface area (Å²) < 4.78 is 2.16. The smallest absolute Gasteiger partial charge is 0.283 e. The fourth-order valence-electron chi connectivity index (χ4n) is 3.27.